The van der Waals surface area contributed by atoms with E-state index in [1.807, 2.05) is 36.5 Å². The lowest BCUT2D eigenvalue weighted by atomic mass is 10.0. The first-order chi connectivity index (χ1) is 27.6. The van der Waals surface area contributed by atoms with Gasteiger partial charge in [-0.25, -0.2) is 0 Å². The Kier molecular flexibility index (Phi) is 12.7. The Morgan fingerprint density at radius 1 is 1.00 bits per heavy atom. The third kappa shape index (κ3) is 9.74. The first kappa shape index (κ1) is 39.7. The quantitative estimate of drug-likeness (QED) is 0.102. The Balaban J connectivity index is 0.808. The van der Waals surface area contributed by atoms with Crippen LogP contribution < -0.4 is 20.7 Å². The highest BCUT2D eigenvalue weighted by atomic mass is 16.5. The van der Waals surface area contributed by atoms with Crippen LogP contribution in [0.25, 0.3) is 5.65 Å². The fourth-order valence-corrected chi connectivity index (χ4v) is 7.50. The minimum Gasteiger partial charge on any atom is -0.460 e. The van der Waals surface area contributed by atoms with Crippen LogP contribution >= 0.6 is 0 Å². The van der Waals surface area contributed by atoms with Gasteiger partial charge in [-0.2, -0.15) is 19.6 Å². The number of nitrogens with zero attached hydrogens (tertiary/aromatic N) is 7. The maximum atomic E-state index is 13.0. The monoisotopic (exact) mass is 780 g/mol. The third-order valence-corrected chi connectivity index (χ3v) is 10.8. The Morgan fingerprint density at radius 2 is 1.79 bits per heavy atom. The average molecular weight is 781 g/mol. The van der Waals surface area contributed by atoms with Crippen LogP contribution in [0.15, 0.2) is 42.7 Å². The van der Waals surface area contributed by atoms with E-state index in [9.17, 15) is 19.2 Å². The molecule has 2 saturated heterocycles. The Labute approximate surface area is 332 Å². The van der Waals surface area contributed by atoms with E-state index in [0.717, 1.165) is 72.4 Å². The zero-order valence-corrected chi connectivity index (χ0v) is 33.0. The maximum absolute atomic E-state index is 13.0. The number of carbonyl (C=O) groups excluding carboxylic acids is 4. The predicted molar refractivity (Wildman–Crippen MR) is 212 cm³/mol. The van der Waals surface area contributed by atoms with Crippen LogP contribution in [-0.4, -0.2) is 103 Å². The zero-order chi connectivity index (χ0) is 39.9. The van der Waals surface area contributed by atoms with Crippen molar-refractivity contribution in [2.24, 2.45) is 0 Å². The number of aryl methyl sites for hydroxylation is 1. The van der Waals surface area contributed by atoms with Crippen molar-refractivity contribution in [2.45, 2.75) is 103 Å². The molecule has 1 atom stereocenters. The minimum absolute atomic E-state index is 0.0477. The number of pyridine rings is 1. The first-order valence-corrected chi connectivity index (χ1v) is 20.1. The van der Waals surface area contributed by atoms with Gasteiger partial charge in [0.15, 0.2) is 5.65 Å². The number of benzene rings is 1. The Hall–Kier alpha value is -5.48. The number of ether oxygens (including phenoxy) is 2. The average Bonchev–Trinajstić information content (AvgIpc) is 3.78. The number of likely N-dealkylation sites (tertiary alicyclic amines) is 1. The molecule has 7 rings (SSSR count). The standard InChI is InChI=1S/C41H52N10O6/c1-26(2)31-24-44-51-37(31)47-41(57-30-16-19-49(3)20-17-30)48-40(51)43-23-27-9-11-29(12-10-27)45-34(52)8-4-5-21-56-22-6-7-28-15-18-42-36-32(28)25-50(39(36)55)33-13-14-35(53)46-38(33)54/h9-12,15,18,24,26,30,33H,4-8,13-14,16-17,19-23,25H2,1-3H3,(H,45,52)(H,43,47,48)(H,46,53,54). The van der Waals surface area contributed by atoms with E-state index in [-0.39, 0.29) is 36.2 Å². The van der Waals surface area contributed by atoms with Gasteiger partial charge in [-0.15, -0.1) is 0 Å². The molecular formula is C41H52N10O6. The van der Waals surface area contributed by atoms with E-state index in [0.29, 0.717) is 69.6 Å². The van der Waals surface area contributed by atoms with E-state index >= 15 is 0 Å². The number of nitrogens with one attached hydrogen (secondary N) is 3. The number of amides is 4. The van der Waals surface area contributed by atoms with Crippen molar-refractivity contribution in [3.63, 3.8) is 0 Å². The molecule has 4 amide bonds. The summed E-state index contributed by atoms with van der Waals surface area (Å²) in [5, 5.41) is 13.3. The van der Waals surface area contributed by atoms with Gasteiger partial charge in [0.05, 0.1) is 6.20 Å². The molecule has 0 radical (unpaired) electrons. The van der Waals surface area contributed by atoms with E-state index in [1.54, 1.807) is 10.7 Å². The molecule has 0 saturated carbocycles. The Morgan fingerprint density at radius 3 is 2.56 bits per heavy atom. The van der Waals surface area contributed by atoms with Crippen LogP contribution in [0, 0.1) is 0 Å². The number of piperidine rings is 2. The van der Waals surface area contributed by atoms with Crippen molar-refractivity contribution >= 4 is 40.9 Å². The smallest absolute Gasteiger partial charge is 0.322 e. The van der Waals surface area contributed by atoms with Gasteiger partial charge in [0, 0.05) is 75.2 Å². The molecule has 302 valence electrons. The number of hydrogen-bond donors (Lipinski definition) is 3. The fourth-order valence-electron chi connectivity index (χ4n) is 7.50. The van der Waals surface area contributed by atoms with Crippen molar-refractivity contribution in [1.82, 2.24) is 39.7 Å². The van der Waals surface area contributed by atoms with Gasteiger partial charge >= 0.3 is 6.01 Å². The van der Waals surface area contributed by atoms with E-state index in [4.69, 9.17) is 19.4 Å². The fraction of sp³-hybridized carbons (Fsp3) is 0.512. The van der Waals surface area contributed by atoms with Gasteiger partial charge in [-0.3, -0.25) is 29.5 Å². The molecule has 1 unspecified atom stereocenters. The summed E-state index contributed by atoms with van der Waals surface area (Å²) >= 11 is 0. The highest BCUT2D eigenvalue weighted by molar-refractivity contribution is 6.04. The molecule has 0 bridgehead atoms. The number of unbranched alkanes of at least 4 members (excludes halogenated alkanes) is 1. The number of fused-ring (bicyclic) bond motifs is 2. The molecule has 3 N–H and O–H groups in total. The second kappa shape index (κ2) is 18.2. The largest absolute Gasteiger partial charge is 0.460 e. The molecule has 3 aliphatic heterocycles. The molecule has 0 spiro atoms. The summed E-state index contributed by atoms with van der Waals surface area (Å²) in [7, 11) is 2.12. The van der Waals surface area contributed by atoms with Crippen molar-refractivity contribution in [3.8, 4) is 6.01 Å². The number of hydrogen-bond acceptors (Lipinski definition) is 12. The summed E-state index contributed by atoms with van der Waals surface area (Å²) in [6.45, 7) is 8.10. The lowest BCUT2D eigenvalue weighted by Gasteiger charge is -2.29. The molecule has 57 heavy (non-hydrogen) atoms. The second-order valence-corrected chi connectivity index (χ2v) is 15.4. The summed E-state index contributed by atoms with van der Waals surface area (Å²) in [6, 6.07) is 9.34. The van der Waals surface area contributed by atoms with Crippen LogP contribution in [0.5, 0.6) is 6.01 Å². The van der Waals surface area contributed by atoms with Crippen molar-refractivity contribution in [2.75, 3.05) is 44.0 Å². The van der Waals surface area contributed by atoms with Crippen LogP contribution in [0.2, 0.25) is 0 Å². The normalized spacial score (nSPS) is 17.6. The van der Waals surface area contributed by atoms with Crippen molar-refractivity contribution in [1.29, 1.82) is 0 Å². The predicted octanol–water partition coefficient (Wildman–Crippen LogP) is 4.25. The molecule has 4 aromatic rings. The number of aromatic nitrogens is 5. The molecule has 6 heterocycles. The molecule has 3 aliphatic rings. The molecule has 16 heteroatoms. The molecule has 1 aromatic carbocycles. The second-order valence-electron chi connectivity index (χ2n) is 15.4. The van der Waals surface area contributed by atoms with Crippen molar-refractivity contribution in [3.05, 3.63) is 70.7 Å². The molecular weight excluding hydrogens is 729 g/mol. The number of rotatable bonds is 17. The summed E-state index contributed by atoms with van der Waals surface area (Å²) < 4.78 is 13.8. The first-order valence-electron chi connectivity index (χ1n) is 20.1. The maximum Gasteiger partial charge on any atom is 0.322 e. The van der Waals surface area contributed by atoms with E-state index < -0.39 is 11.9 Å². The van der Waals surface area contributed by atoms with Crippen LogP contribution in [0.4, 0.5) is 11.6 Å². The van der Waals surface area contributed by atoms with Gasteiger partial charge in [0.25, 0.3) is 5.91 Å². The molecule has 0 aliphatic carbocycles. The third-order valence-electron chi connectivity index (χ3n) is 10.8. The SMILES string of the molecule is CC(C)c1cnn2c(NCc3ccc(NC(=O)CCCCOCCCc4ccnc5c4CN(C4CCC(=O)NC4=O)C5=O)cc3)nc(OC3CCN(C)CC3)nc12. The number of anilines is 2. The summed E-state index contributed by atoms with van der Waals surface area (Å²) in [5.74, 6) is -0.258. The number of carbonyl (C=O) groups is 4. The summed E-state index contributed by atoms with van der Waals surface area (Å²) in [6.07, 6.45) is 9.26. The van der Waals surface area contributed by atoms with Crippen molar-refractivity contribution < 1.29 is 28.7 Å². The lowest BCUT2D eigenvalue weighted by molar-refractivity contribution is -0.137. The van der Waals surface area contributed by atoms with E-state index in [2.05, 4.69) is 51.8 Å². The minimum atomic E-state index is -0.662. The van der Waals surface area contributed by atoms with Gasteiger partial charge in [0.2, 0.25) is 23.7 Å². The summed E-state index contributed by atoms with van der Waals surface area (Å²) in [4.78, 5) is 67.2. The Bertz CT molecular complexity index is 2080. The van der Waals surface area contributed by atoms with Gasteiger partial charge < -0.3 is 29.9 Å². The van der Waals surface area contributed by atoms with E-state index in [1.165, 1.54) is 4.90 Å². The number of imide groups is 1. The van der Waals surface area contributed by atoms with Crippen LogP contribution in [0.3, 0.4) is 0 Å². The lowest BCUT2D eigenvalue weighted by Crippen LogP contribution is -2.52. The highest BCUT2D eigenvalue weighted by Crippen LogP contribution is 2.29. The topological polar surface area (TPSA) is 185 Å². The summed E-state index contributed by atoms with van der Waals surface area (Å²) in [5.41, 5.74) is 5.74. The highest BCUT2D eigenvalue weighted by Gasteiger charge is 2.40. The molecule has 3 aromatic heterocycles. The molecule has 16 nitrogen and oxygen atoms in total. The van der Waals surface area contributed by atoms with Gasteiger partial charge in [-0.1, -0.05) is 26.0 Å². The van der Waals surface area contributed by atoms with Crippen LogP contribution in [0.1, 0.15) is 104 Å². The molecule has 2 fully saturated rings. The van der Waals surface area contributed by atoms with Gasteiger partial charge in [0.1, 0.15) is 17.8 Å². The van der Waals surface area contributed by atoms with Crippen LogP contribution in [-0.2, 0) is 38.6 Å². The zero-order valence-electron chi connectivity index (χ0n) is 33.0. The van der Waals surface area contributed by atoms with Gasteiger partial charge in [-0.05, 0) is 87.2 Å².